The molecule has 0 fully saturated rings. The summed E-state index contributed by atoms with van der Waals surface area (Å²) in [6, 6.07) is 0. The van der Waals surface area contributed by atoms with Gasteiger partial charge in [-0.3, -0.25) is 0 Å². The molecular weight excluding hydrogens is 360 g/mol. The Morgan fingerprint density at radius 3 is 2.14 bits per heavy atom. The number of hydrogen-bond donors (Lipinski definition) is 0. The molecule has 0 bridgehead atoms. The fraction of sp³-hybridized carbons (Fsp3) is 0.500. The van der Waals surface area contributed by atoms with Crippen LogP contribution in [0.4, 0.5) is 0 Å². The highest BCUT2D eigenvalue weighted by Gasteiger charge is 2.36. The van der Waals surface area contributed by atoms with E-state index >= 15 is 0 Å². The molecule has 0 amide bonds. The second-order valence-corrected chi connectivity index (χ2v) is 7.35. The first kappa shape index (κ1) is 22.8. The molecule has 8 heteroatoms. The number of nitrogens with zero attached hydrogens (tertiary/aromatic N) is 4. The smallest absolute Gasteiger partial charge is 0.211 e. The van der Waals surface area contributed by atoms with Gasteiger partial charge in [0.15, 0.2) is 0 Å². The maximum atomic E-state index is 10.2. The lowest BCUT2D eigenvalue weighted by Crippen LogP contribution is -2.36. The molecule has 0 N–H and O–H groups in total. The molecule has 28 heavy (non-hydrogen) atoms. The van der Waals surface area contributed by atoms with Gasteiger partial charge in [0.05, 0.1) is 22.3 Å². The molecule has 0 aromatic carbocycles. The summed E-state index contributed by atoms with van der Waals surface area (Å²) in [5.41, 5.74) is -1.17. The van der Waals surface area contributed by atoms with Crippen LogP contribution in [0.15, 0.2) is 56.0 Å². The van der Waals surface area contributed by atoms with Crippen LogP contribution in [0.2, 0.25) is 0 Å². The van der Waals surface area contributed by atoms with E-state index in [1.54, 1.807) is 37.3 Å². The van der Waals surface area contributed by atoms with Crippen molar-refractivity contribution in [1.29, 1.82) is 0 Å². The molecule has 2 aliphatic rings. The third kappa shape index (κ3) is 5.88. The summed E-state index contributed by atoms with van der Waals surface area (Å²) in [5.74, 6) is -0.129. The largest absolute Gasteiger partial charge is 0.240 e. The summed E-state index contributed by atoms with van der Waals surface area (Å²) >= 11 is 0. The molecule has 0 aliphatic heterocycles. The summed E-state index contributed by atoms with van der Waals surface area (Å²) in [6.07, 6.45) is 16.2. The second-order valence-electron chi connectivity index (χ2n) is 7.35. The number of rotatable bonds is 4. The summed E-state index contributed by atoms with van der Waals surface area (Å²) in [4.78, 5) is 55.5. The molecule has 2 aliphatic carbocycles. The Hall–Kier alpha value is -3.26. The molecule has 146 valence electrons. The van der Waals surface area contributed by atoms with Crippen LogP contribution in [0.5, 0.6) is 0 Å². The van der Waals surface area contributed by atoms with Gasteiger partial charge < -0.3 is 0 Å². The zero-order chi connectivity index (χ0) is 21.3. The average molecular weight is 382 g/mol. The fourth-order valence-corrected chi connectivity index (χ4v) is 3.19. The monoisotopic (exact) mass is 382 g/mol. The Balaban J connectivity index is 0.000000280. The van der Waals surface area contributed by atoms with Gasteiger partial charge in [0.25, 0.3) is 0 Å². The maximum Gasteiger partial charge on any atom is 0.240 e. The molecule has 0 saturated carbocycles. The number of hydrogen-bond acceptors (Lipinski definition) is 8. The first-order valence-corrected chi connectivity index (χ1v) is 8.59. The van der Waals surface area contributed by atoms with Gasteiger partial charge in [-0.25, -0.2) is 19.2 Å². The molecule has 8 nitrogen and oxygen atoms in total. The lowest BCUT2D eigenvalue weighted by molar-refractivity contribution is 0.340. The van der Waals surface area contributed by atoms with E-state index in [-0.39, 0.29) is 5.92 Å². The van der Waals surface area contributed by atoms with Crippen molar-refractivity contribution in [2.24, 2.45) is 25.9 Å². The molecule has 4 atom stereocenters. The van der Waals surface area contributed by atoms with Crippen LogP contribution in [0.1, 0.15) is 40.5 Å². The van der Waals surface area contributed by atoms with E-state index in [9.17, 15) is 19.2 Å². The van der Waals surface area contributed by atoms with Crippen molar-refractivity contribution >= 4 is 24.3 Å². The molecule has 0 aromatic rings. The molecule has 2 rings (SSSR count). The first-order chi connectivity index (χ1) is 13.2. The van der Waals surface area contributed by atoms with E-state index in [2.05, 4.69) is 20.0 Å². The van der Waals surface area contributed by atoms with Crippen LogP contribution in [0, 0.1) is 5.92 Å². The topological polar surface area (TPSA) is 118 Å². The highest BCUT2D eigenvalue weighted by atomic mass is 16.1. The second kappa shape index (κ2) is 9.61. The van der Waals surface area contributed by atoms with Crippen LogP contribution in [0.25, 0.3) is 0 Å². The molecular formula is C20H22N4O4. The van der Waals surface area contributed by atoms with Crippen molar-refractivity contribution in [2.75, 3.05) is 0 Å². The van der Waals surface area contributed by atoms with E-state index in [1.165, 1.54) is 12.2 Å². The lowest BCUT2D eigenvalue weighted by Gasteiger charge is -2.33. The van der Waals surface area contributed by atoms with Crippen molar-refractivity contribution in [1.82, 2.24) is 0 Å². The number of isocyanates is 4. The van der Waals surface area contributed by atoms with Crippen LogP contribution in [0.3, 0.4) is 0 Å². The summed E-state index contributed by atoms with van der Waals surface area (Å²) in [5, 5.41) is 0. The Bertz CT molecular complexity index is 882. The zero-order valence-electron chi connectivity index (χ0n) is 16.3. The van der Waals surface area contributed by atoms with Gasteiger partial charge in [0, 0.05) is 12.3 Å². The highest BCUT2D eigenvalue weighted by molar-refractivity contribution is 5.43. The standard InChI is InChI=1S/C10H12N2O2.C10H10N2O2/c1-9(11-7-13)4-3-5-10(2,6-9)12-8-14;1-8-9(11-6-13)4-3-5-10(8,2)12-7-14/h3-4H,5-6H2,1-2H3;3-5,8H,1-2H3. The first-order valence-electron chi connectivity index (χ1n) is 8.59. The third-order valence-electron chi connectivity index (χ3n) is 4.87. The van der Waals surface area contributed by atoms with E-state index in [1.807, 2.05) is 32.9 Å². The Morgan fingerprint density at radius 1 is 0.929 bits per heavy atom. The predicted octanol–water partition coefficient (Wildman–Crippen LogP) is 3.03. The minimum atomic E-state index is -0.661. The summed E-state index contributed by atoms with van der Waals surface area (Å²) < 4.78 is 0. The van der Waals surface area contributed by atoms with E-state index in [0.29, 0.717) is 18.5 Å². The Kier molecular flexibility index (Phi) is 7.82. The number of carbonyl (C=O) groups excluding carboxylic acids is 4. The van der Waals surface area contributed by atoms with E-state index < -0.39 is 16.6 Å². The molecule has 0 heterocycles. The van der Waals surface area contributed by atoms with E-state index in [4.69, 9.17) is 0 Å². The van der Waals surface area contributed by atoms with Crippen LogP contribution >= 0.6 is 0 Å². The summed E-state index contributed by atoms with van der Waals surface area (Å²) in [6.45, 7) is 7.29. The highest BCUT2D eigenvalue weighted by Crippen LogP contribution is 2.35. The maximum absolute atomic E-state index is 10.2. The third-order valence-corrected chi connectivity index (χ3v) is 4.87. The molecule has 0 aromatic heterocycles. The number of aliphatic imine (C=N–C) groups is 4. The van der Waals surface area contributed by atoms with Crippen molar-refractivity contribution in [2.45, 2.75) is 57.2 Å². The van der Waals surface area contributed by atoms with Crippen LogP contribution in [-0.2, 0) is 19.2 Å². The fourth-order valence-electron chi connectivity index (χ4n) is 3.19. The summed E-state index contributed by atoms with van der Waals surface area (Å²) in [7, 11) is 0. The van der Waals surface area contributed by atoms with Crippen LogP contribution < -0.4 is 0 Å². The number of allylic oxidation sites excluding steroid dienone is 2. The van der Waals surface area contributed by atoms with Gasteiger partial charge >= 0.3 is 0 Å². The lowest BCUT2D eigenvalue weighted by atomic mass is 9.78. The minimum absolute atomic E-state index is 0.129. The van der Waals surface area contributed by atoms with Crippen molar-refractivity contribution in [3.05, 3.63) is 36.1 Å². The van der Waals surface area contributed by atoms with Gasteiger partial charge in [-0.1, -0.05) is 31.2 Å². The normalized spacial score (nSPS) is 32.7. The van der Waals surface area contributed by atoms with E-state index in [0.717, 1.165) is 0 Å². The van der Waals surface area contributed by atoms with Gasteiger partial charge in [-0.15, -0.1) is 0 Å². The van der Waals surface area contributed by atoms with Crippen LogP contribution in [-0.4, -0.2) is 40.9 Å². The quantitative estimate of drug-likeness (QED) is 0.422. The van der Waals surface area contributed by atoms with Gasteiger partial charge in [-0.2, -0.15) is 20.0 Å². The van der Waals surface area contributed by atoms with Gasteiger partial charge in [0.1, 0.15) is 0 Å². The Morgan fingerprint density at radius 2 is 1.57 bits per heavy atom. The van der Waals surface area contributed by atoms with Crippen molar-refractivity contribution in [3.8, 4) is 0 Å². The zero-order valence-corrected chi connectivity index (χ0v) is 16.3. The predicted molar refractivity (Wildman–Crippen MR) is 102 cm³/mol. The molecule has 0 saturated heterocycles. The molecule has 0 radical (unpaired) electrons. The van der Waals surface area contributed by atoms with Gasteiger partial charge in [0.2, 0.25) is 24.3 Å². The Labute approximate surface area is 163 Å². The molecule has 0 spiro atoms. The van der Waals surface area contributed by atoms with Crippen molar-refractivity contribution in [3.63, 3.8) is 0 Å². The SMILES string of the molecule is CC1(N=C=O)C=CCC(C)(N=C=O)C1.CC1C(N=C=O)=CC=CC1(C)N=C=O. The minimum Gasteiger partial charge on any atom is -0.211 e. The molecule has 4 unspecified atom stereocenters. The van der Waals surface area contributed by atoms with Crippen molar-refractivity contribution < 1.29 is 19.2 Å². The van der Waals surface area contributed by atoms with Gasteiger partial charge in [-0.05, 0) is 33.3 Å². The average Bonchev–Trinajstić information content (AvgIpc) is 2.60.